The van der Waals surface area contributed by atoms with Crippen LogP contribution in [-0.4, -0.2) is 23.9 Å². The second-order valence-electron chi connectivity index (χ2n) is 3.59. The first kappa shape index (κ1) is 13.7. The Balaban J connectivity index is 2.92. The van der Waals surface area contributed by atoms with Crippen molar-refractivity contribution in [1.29, 1.82) is 10.5 Å². The molecule has 6 heteroatoms. The number of nitrogens with one attached hydrogen (secondary N) is 1. The monoisotopic (exact) mass is 243 g/mol. The summed E-state index contributed by atoms with van der Waals surface area (Å²) < 4.78 is 0. The number of hydrogen-bond donors (Lipinski definition) is 2. The van der Waals surface area contributed by atoms with E-state index in [1.54, 1.807) is 29.2 Å². The number of carbonyl (C=O) groups is 1. The lowest BCUT2D eigenvalue weighted by Gasteiger charge is -2.17. The smallest absolute Gasteiger partial charge is 0.265 e. The molecule has 0 atom stereocenters. The van der Waals surface area contributed by atoms with E-state index in [1.807, 2.05) is 12.1 Å². The number of nitriles is 2. The molecule has 0 aliphatic rings. The Morgan fingerprint density at radius 2 is 1.89 bits per heavy atom. The van der Waals surface area contributed by atoms with Crippen molar-refractivity contribution in [2.75, 3.05) is 13.1 Å². The molecule has 0 fully saturated rings. The van der Waals surface area contributed by atoms with Gasteiger partial charge in [0.15, 0.2) is 0 Å². The predicted molar refractivity (Wildman–Crippen MR) is 64.6 cm³/mol. The molecule has 1 aromatic carbocycles. The maximum Gasteiger partial charge on any atom is 0.265 e. The van der Waals surface area contributed by atoms with E-state index in [-0.39, 0.29) is 19.0 Å². The van der Waals surface area contributed by atoms with Crippen LogP contribution in [0.5, 0.6) is 0 Å². The van der Waals surface area contributed by atoms with Crippen LogP contribution in [0.15, 0.2) is 24.3 Å². The van der Waals surface area contributed by atoms with Crippen molar-refractivity contribution in [3.05, 3.63) is 35.4 Å². The fraction of sp³-hybridized carbons (Fsp3) is 0.250. The third kappa shape index (κ3) is 3.56. The molecule has 0 saturated carbocycles. The van der Waals surface area contributed by atoms with Crippen LogP contribution in [0.3, 0.4) is 0 Å². The highest BCUT2D eigenvalue weighted by atomic mass is 16.2. The summed E-state index contributed by atoms with van der Waals surface area (Å²) in [6.07, 6.45) is 0. The summed E-state index contributed by atoms with van der Waals surface area (Å²) in [6, 6.07) is 10.9. The lowest BCUT2D eigenvalue weighted by molar-refractivity contribution is 0.0952. The van der Waals surface area contributed by atoms with Crippen molar-refractivity contribution in [2.45, 2.75) is 6.54 Å². The zero-order chi connectivity index (χ0) is 13.4. The highest BCUT2D eigenvalue weighted by Crippen LogP contribution is 2.11. The molecule has 92 valence electrons. The van der Waals surface area contributed by atoms with Crippen molar-refractivity contribution in [3.63, 3.8) is 0 Å². The lowest BCUT2D eigenvalue weighted by Crippen LogP contribution is -2.32. The molecule has 0 unspecified atom stereocenters. The number of carbonyl (C=O) groups excluding carboxylic acids is 1. The van der Waals surface area contributed by atoms with Gasteiger partial charge in [-0.15, -0.1) is 0 Å². The molecule has 0 spiro atoms. The molecular weight excluding hydrogens is 230 g/mol. The maximum absolute atomic E-state index is 11.5. The van der Waals surface area contributed by atoms with Crippen LogP contribution in [-0.2, 0) is 6.54 Å². The molecule has 18 heavy (non-hydrogen) atoms. The third-order valence-electron chi connectivity index (χ3n) is 2.38. The minimum atomic E-state index is -0.389. The summed E-state index contributed by atoms with van der Waals surface area (Å²) >= 11 is 0. The number of hydrazine groups is 1. The zero-order valence-corrected chi connectivity index (χ0v) is 9.76. The first-order valence-electron chi connectivity index (χ1n) is 5.28. The van der Waals surface area contributed by atoms with E-state index in [1.165, 1.54) is 0 Å². The number of rotatable bonds is 5. The third-order valence-corrected chi connectivity index (χ3v) is 2.38. The average molecular weight is 243 g/mol. The minimum Gasteiger partial charge on any atom is -0.290 e. The lowest BCUT2D eigenvalue weighted by atomic mass is 10.1. The first-order valence-corrected chi connectivity index (χ1v) is 5.28. The van der Waals surface area contributed by atoms with Gasteiger partial charge in [0, 0.05) is 12.1 Å². The molecular formula is C12H13N5O. The van der Waals surface area contributed by atoms with Crippen molar-refractivity contribution in [3.8, 4) is 12.1 Å². The van der Waals surface area contributed by atoms with Crippen LogP contribution >= 0.6 is 0 Å². The molecule has 0 saturated heterocycles. The highest BCUT2D eigenvalue weighted by Gasteiger charge is 2.12. The van der Waals surface area contributed by atoms with Gasteiger partial charge in [-0.25, -0.2) is 5.84 Å². The van der Waals surface area contributed by atoms with Crippen LogP contribution in [0.4, 0.5) is 0 Å². The summed E-state index contributed by atoms with van der Waals surface area (Å²) in [5.74, 6) is 4.71. The van der Waals surface area contributed by atoms with Crippen molar-refractivity contribution in [2.24, 2.45) is 5.84 Å². The van der Waals surface area contributed by atoms with Gasteiger partial charge in [-0.2, -0.15) is 10.5 Å². The van der Waals surface area contributed by atoms with E-state index in [2.05, 4.69) is 5.43 Å². The summed E-state index contributed by atoms with van der Waals surface area (Å²) in [6.45, 7) is 0.614. The summed E-state index contributed by atoms with van der Waals surface area (Å²) in [5, 5.41) is 17.3. The Bertz CT molecular complexity index is 484. The van der Waals surface area contributed by atoms with E-state index in [9.17, 15) is 4.79 Å². The molecule has 0 aromatic heterocycles. The van der Waals surface area contributed by atoms with Gasteiger partial charge in [0.05, 0.1) is 25.2 Å². The van der Waals surface area contributed by atoms with Crippen LogP contribution in [0, 0.1) is 22.7 Å². The fourth-order valence-corrected chi connectivity index (χ4v) is 1.57. The van der Waals surface area contributed by atoms with Crippen molar-refractivity contribution in [1.82, 2.24) is 10.3 Å². The Hall–Kier alpha value is -2.41. The van der Waals surface area contributed by atoms with Crippen LogP contribution < -0.4 is 11.3 Å². The zero-order valence-electron chi connectivity index (χ0n) is 9.76. The molecule has 6 nitrogen and oxygen atoms in total. The van der Waals surface area contributed by atoms with Gasteiger partial charge in [0.2, 0.25) is 0 Å². The highest BCUT2D eigenvalue weighted by molar-refractivity contribution is 5.95. The normalized spacial score (nSPS) is 9.56. The summed E-state index contributed by atoms with van der Waals surface area (Å²) in [4.78, 5) is 13.2. The Morgan fingerprint density at radius 3 is 2.44 bits per heavy atom. The fourth-order valence-electron chi connectivity index (χ4n) is 1.57. The predicted octanol–water partition coefficient (Wildman–Crippen LogP) is 0.139. The van der Waals surface area contributed by atoms with Gasteiger partial charge in [0.25, 0.3) is 5.91 Å². The Kier molecular flexibility index (Phi) is 5.33. The van der Waals surface area contributed by atoms with Gasteiger partial charge < -0.3 is 0 Å². The Morgan fingerprint density at radius 1 is 1.28 bits per heavy atom. The number of amides is 1. The molecule has 3 N–H and O–H groups in total. The van der Waals surface area contributed by atoms with Gasteiger partial charge in [0.1, 0.15) is 0 Å². The van der Waals surface area contributed by atoms with Crippen LogP contribution in [0.25, 0.3) is 0 Å². The van der Waals surface area contributed by atoms with E-state index in [4.69, 9.17) is 16.4 Å². The van der Waals surface area contributed by atoms with E-state index < -0.39 is 0 Å². The molecule has 1 rings (SSSR count). The second-order valence-corrected chi connectivity index (χ2v) is 3.59. The SMILES string of the molecule is N#CCN(CC#N)Cc1ccccc1C(=O)NN. The number of nitrogens with zero attached hydrogens (tertiary/aromatic N) is 3. The molecule has 0 aliphatic heterocycles. The van der Waals surface area contributed by atoms with Gasteiger partial charge in [-0.05, 0) is 11.6 Å². The van der Waals surface area contributed by atoms with Gasteiger partial charge in [-0.3, -0.25) is 15.1 Å². The number of nitrogens with two attached hydrogens (primary N) is 1. The maximum atomic E-state index is 11.5. The Labute approximate surface area is 105 Å². The van der Waals surface area contributed by atoms with E-state index in [0.717, 1.165) is 5.56 Å². The average Bonchev–Trinajstić information content (AvgIpc) is 2.39. The van der Waals surface area contributed by atoms with E-state index in [0.29, 0.717) is 12.1 Å². The molecule has 0 radical (unpaired) electrons. The first-order chi connectivity index (χ1) is 8.72. The minimum absolute atomic E-state index is 0.131. The standard InChI is InChI=1S/C12H13N5O/c13-5-7-17(8-6-14)9-10-3-1-2-4-11(10)12(18)16-15/h1-4H,7-9,15H2,(H,16,18). The second kappa shape index (κ2) is 7.02. The van der Waals surface area contributed by atoms with Gasteiger partial charge >= 0.3 is 0 Å². The van der Waals surface area contributed by atoms with Crippen molar-refractivity contribution < 1.29 is 4.79 Å². The van der Waals surface area contributed by atoms with Gasteiger partial charge in [-0.1, -0.05) is 18.2 Å². The number of benzene rings is 1. The quantitative estimate of drug-likeness (QED) is 0.331. The molecule has 0 bridgehead atoms. The largest absolute Gasteiger partial charge is 0.290 e. The number of hydrogen-bond acceptors (Lipinski definition) is 5. The molecule has 1 amide bonds. The molecule has 0 heterocycles. The van der Waals surface area contributed by atoms with Crippen molar-refractivity contribution >= 4 is 5.91 Å². The van der Waals surface area contributed by atoms with Crippen LogP contribution in [0.1, 0.15) is 15.9 Å². The summed E-state index contributed by atoms with van der Waals surface area (Å²) in [7, 11) is 0. The molecule has 1 aromatic rings. The topological polar surface area (TPSA) is 106 Å². The molecule has 0 aliphatic carbocycles. The van der Waals surface area contributed by atoms with Crippen LogP contribution in [0.2, 0.25) is 0 Å². The number of nitrogen functional groups attached to an aromatic ring is 1. The van der Waals surface area contributed by atoms with E-state index >= 15 is 0 Å². The summed E-state index contributed by atoms with van der Waals surface area (Å²) in [5.41, 5.74) is 3.24.